The molecule has 0 aliphatic carbocycles. The minimum absolute atomic E-state index is 0.259. The SMILES string of the molecule is Cc1ccc(CN(C)C(=O)c2c(O)cc(F)cc2F)cc1. The maximum Gasteiger partial charge on any atom is 0.260 e. The highest BCUT2D eigenvalue weighted by Crippen LogP contribution is 2.23. The Bertz CT molecular complexity index is 645. The summed E-state index contributed by atoms with van der Waals surface area (Å²) in [6, 6.07) is 8.83. The van der Waals surface area contributed by atoms with Crippen molar-refractivity contribution in [3.8, 4) is 5.75 Å². The van der Waals surface area contributed by atoms with Gasteiger partial charge >= 0.3 is 0 Å². The van der Waals surface area contributed by atoms with Gasteiger partial charge in [-0.05, 0) is 12.5 Å². The van der Waals surface area contributed by atoms with Crippen LogP contribution in [0.4, 0.5) is 8.78 Å². The molecule has 0 heterocycles. The molecule has 1 N–H and O–H groups in total. The zero-order chi connectivity index (χ0) is 15.6. The molecule has 0 aliphatic rings. The van der Waals surface area contributed by atoms with Crippen LogP contribution in [0.2, 0.25) is 0 Å². The molecule has 0 atom stereocenters. The number of phenols is 1. The zero-order valence-electron chi connectivity index (χ0n) is 11.7. The Labute approximate surface area is 121 Å². The molecule has 1 amide bonds. The molecule has 21 heavy (non-hydrogen) atoms. The van der Waals surface area contributed by atoms with Crippen LogP contribution in [0.25, 0.3) is 0 Å². The number of carbonyl (C=O) groups is 1. The number of halogens is 2. The van der Waals surface area contributed by atoms with E-state index in [1.54, 1.807) is 0 Å². The molecule has 2 aromatic carbocycles. The van der Waals surface area contributed by atoms with Crippen molar-refractivity contribution in [3.05, 3.63) is 64.7 Å². The smallest absolute Gasteiger partial charge is 0.260 e. The first-order chi connectivity index (χ1) is 9.88. The number of aryl methyl sites for hydroxylation is 1. The Morgan fingerprint density at radius 2 is 1.81 bits per heavy atom. The zero-order valence-corrected chi connectivity index (χ0v) is 11.7. The topological polar surface area (TPSA) is 40.5 Å². The van der Waals surface area contributed by atoms with Crippen molar-refractivity contribution in [2.75, 3.05) is 7.05 Å². The summed E-state index contributed by atoms with van der Waals surface area (Å²) in [5.74, 6) is -3.41. The average Bonchev–Trinajstić information content (AvgIpc) is 2.40. The van der Waals surface area contributed by atoms with Gasteiger partial charge in [0, 0.05) is 25.7 Å². The molecule has 3 nitrogen and oxygen atoms in total. The van der Waals surface area contributed by atoms with Crippen LogP contribution in [0.5, 0.6) is 5.75 Å². The molecule has 0 saturated carbocycles. The molecule has 0 saturated heterocycles. The van der Waals surface area contributed by atoms with Gasteiger partial charge in [0.2, 0.25) is 0 Å². The standard InChI is InChI=1S/C16H15F2NO2/c1-10-3-5-11(6-4-10)9-19(2)16(21)15-13(18)7-12(17)8-14(15)20/h3-8,20H,9H2,1-2H3. The van der Waals surface area contributed by atoms with Crippen LogP contribution in [-0.2, 0) is 6.54 Å². The molecule has 0 aliphatic heterocycles. The normalized spacial score (nSPS) is 10.5. The predicted octanol–water partition coefficient (Wildman–Crippen LogP) is 3.25. The fourth-order valence-corrected chi connectivity index (χ4v) is 2.00. The van der Waals surface area contributed by atoms with Gasteiger partial charge in [-0.1, -0.05) is 29.8 Å². The minimum atomic E-state index is -1.08. The molecule has 0 aromatic heterocycles. The number of hydrogen-bond acceptors (Lipinski definition) is 2. The highest BCUT2D eigenvalue weighted by molar-refractivity contribution is 5.96. The van der Waals surface area contributed by atoms with E-state index in [-0.39, 0.29) is 6.54 Å². The summed E-state index contributed by atoms with van der Waals surface area (Å²) in [5.41, 5.74) is 1.44. The van der Waals surface area contributed by atoms with E-state index in [1.807, 2.05) is 31.2 Å². The second-order valence-corrected chi connectivity index (χ2v) is 4.93. The summed E-state index contributed by atoms with van der Waals surface area (Å²) in [5, 5.41) is 9.57. The molecule has 0 unspecified atom stereocenters. The van der Waals surface area contributed by atoms with Crippen LogP contribution >= 0.6 is 0 Å². The van der Waals surface area contributed by atoms with Gasteiger partial charge in [-0.25, -0.2) is 8.78 Å². The summed E-state index contributed by atoms with van der Waals surface area (Å²) < 4.78 is 26.6. The Morgan fingerprint density at radius 3 is 2.38 bits per heavy atom. The Balaban J connectivity index is 2.22. The summed E-state index contributed by atoms with van der Waals surface area (Å²) >= 11 is 0. The average molecular weight is 291 g/mol. The van der Waals surface area contributed by atoms with Crippen molar-refractivity contribution in [2.45, 2.75) is 13.5 Å². The highest BCUT2D eigenvalue weighted by Gasteiger charge is 2.21. The van der Waals surface area contributed by atoms with E-state index in [4.69, 9.17) is 0 Å². The van der Waals surface area contributed by atoms with Crippen LogP contribution in [-0.4, -0.2) is 23.0 Å². The second-order valence-electron chi connectivity index (χ2n) is 4.93. The third-order valence-corrected chi connectivity index (χ3v) is 3.14. The molecule has 0 fully saturated rings. The van der Waals surface area contributed by atoms with Gasteiger partial charge in [-0.2, -0.15) is 0 Å². The van der Waals surface area contributed by atoms with Gasteiger partial charge in [0.15, 0.2) is 0 Å². The predicted molar refractivity (Wildman–Crippen MR) is 75.0 cm³/mol. The Kier molecular flexibility index (Phi) is 4.21. The Hall–Kier alpha value is -2.43. The van der Waals surface area contributed by atoms with Crippen LogP contribution in [0.3, 0.4) is 0 Å². The molecule has 2 rings (SSSR count). The van der Waals surface area contributed by atoms with E-state index in [2.05, 4.69) is 0 Å². The van der Waals surface area contributed by atoms with Crippen LogP contribution < -0.4 is 0 Å². The lowest BCUT2D eigenvalue weighted by Gasteiger charge is -2.18. The fraction of sp³-hybridized carbons (Fsp3) is 0.188. The van der Waals surface area contributed by atoms with Crippen molar-refractivity contribution in [1.82, 2.24) is 4.90 Å². The number of benzene rings is 2. The molecule has 0 radical (unpaired) electrons. The number of nitrogens with zero attached hydrogens (tertiary/aromatic N) is 1. The van der Waals surface area contributed by atoms with Crippen molar-refractivity contribution in [1.29, 1.82) is 0 Å². The van der Waals surface area contributed by atoms with Crippen LogP contribution in [0.15, 0.2) is 36.4 Å². The van der Waals surface area contributed by atoms with Gasteiger partial charge in [-0.3, -0.25) is 4.79 Å². The summed E-state index contributed by atoms with van der Waals surface area (Å²) in [6.45, 7) is 2.21. The quantitative estimate of drug-likeness (QED) is 0.943. The lowest BCUT2D eigenvalue weighted by Crippen LogP contribution is -2.27. The molecular weight excluding hydrogens is 276 g/mol. The van der Waals surface area contributed by atoms with Crippen molar-refractivity contribution < 1.29 is 18.7 Å². The van der Waals surface area contributed by atoms with Gasteiger partial charge in [0.25, 0.3) is 5.91 Å². The summed E-state index contributed by atoms with van der Waals surface area (Å²) in [6.07, 6.45) is 0. The largest absolute Gasteiger partial charge is 0.507 e. The van der Waals surface area contributed by atoms with Crippen LogP contribution in [0, 0.1) is 18.6 Å². The molecule has 0 spiro atoms. The monoisotopic (exact) mass is 291 g/mol. The number of amides is 1. The molecular formula is C16H15F2NO2. The van der Waals surface area contributed by atoms with Crippen LogP contribution in [0.1, 0.15) is 21.5 Å². The van der Waals surface area contributed by atoms with Gasteiger partial charge in [0.05, 0.1) is 0 Å². The lowest BCUT2D eigenvalue weighted by atomic mass is 10.1. The van der Waals surface area contributed by atoms with Gasteiger partial charge < -0.3 is 10.0 Å². The third-order valence-electron chi connectivity index (χ3n) is 3.14. The van der Waals surface area contributed by atoms with Gasteiger partial charge in [0.1, 0.15) is 22.9 Å². The summed E-state index contributed by atoms with van der Waals surface area (Å²) in [7, 11) is 1.49. The maximum atomic E-state index is 13.7. The van der Waals surface area contributed by atoms with Gasteiger partial charge in [-0.15, -0.1) is 0 Å². The second kappa shape index (κ2) is 5.91. The maximum absolute atomic E-state index is 13.7. The highest BCUT2D eigenvalue weighted by atomic mass is 19.1. The van der Waals surface area contributed by atoms with E-state index in [0.29, 0.717) is 6.07 Å². The van der Waals surface area contributed by atoms with E-state index in [1.165, 1.54) is 11.9 Å². The van der Waals surface area contributed by atoms with E-state index in [9.17, 15) is 18.7 Å². The first-order valence-corrected chi connectivity index (χ1v) is 6.37. The number of rotatable bonds is 3. The first-order valence-electron chi connectivity index (χ1n) is 6.37. The number of carbonyl (C=O) groups excluding carboxylic acids is 1. The number of aromatic hydroxyl groups is 1. The van der Waals surface area contributed by atoms with E-state index >= 15 is 0 Å². The van der Waals surface area contributed by atoms with Crippen molar-refractivity contribution in [3.63, 3.8) is 0 Å². The summed E-state index contributed by atoms with van der Waals surface area (Å²) in [4.78, 5) is 13.4. The van der Waals surface area contributed by atoms with Crippen molar-refractivity contribution >= 4 is 5.91 Å². The molecule has 110 valence electrons. The molecule has 0 bridgehead atoms. The fourth-order valence-electron chi connectivity index (χ4n) is 2.00. The molecule has 2 aromatic rings. The van der Waals surface area contributed by atoms with Crippen molar-refractivity contribution in [2.24, 2.45) is 0 Å². The minimum Gasteiger partial charge on any atom is -0.507 e. The first kappa shape index (κ1) is 15.0. The number of hydrogen-bond donors (Lipinski definition) is 1. The Morgan fingerprint density at radius 1 is 1.19 bits per heavy atom. The van der Waals surface area contributed by atoms with E-state index in [0.717, 1.165) is 17.2 Å². The lowest BCUT2D eigenvalue weighted by molar-refractivity contribution is 0.0777. The van der Waals surface area contributed by atoms with E-state index < -0.39 is 28.9 Å². The third kappa shape index (κ3) is 3.37. The number of phenolic OH excluding ortho intramolecular Hbond substituents is 1. The molecule has 5 heteroatoms.